The molecule has 0 radical (unpaired) electrons. The molecule has 0 saturated carbocycles. The van der Waals surface area contributed by atoms with Crippen molar-refractivity contribution in [3.63, 3.8) is 0 Å². The van der Waals surface area contributed by atoms with E-state index in [1.165, 1.54) is 24.3 Å². The summed E-state index contributed by atoms with van der Waals surface area (Å²) in [5.74, 6) is -0.667. The number of sulfonamides is 1. The zero-order valence-corrected chi connectivity index (χ0v) is 10.8. The highest BCUT2D eigenvalue weighted by Gasteiger charge is 2.17. The Morgan fingerprint density at radius 1 is 1.18 bits per heavy atom. The van der Waals surface area contributed by atoms with Gasteiger partial charge in [-0.25, -0.2) is 21.6 Å². The van der Waals surface area contributed by atoms with Gasteiger partial charge in [-0.05, 0) is 12.1 Å². The molecule has 0 aromatic heterocycles. The van der Waals surface area contributed by atoms with Crippen molar-refractivity contribution in [3.05, 3.63) is 24.3 Å². The lowest BCUT2D eigenvalue weighted by atomic mass is 10.3. The molecule has 0 fully saturated rings. The Hall–Kier alpha value is -1.12. The molecule has 0 atom stereocenters. The van der Waals surface area contributed by atoms with Crippen LogP contribution in [0.2, 0.25) is 0 Å². The second-order valence-electron chi connectivity index (χ2n) is 3.50. The number of hydrogen-bond acceptors (Lipinski definition) is 5. The number of aromatic hydroxyl groups is 1. The molecule has 1 aromatic carbocycles. The summed E-state index contributed by atoms with van der Waals surface area (Å²) in [7, 11) is -7.11. The van der Waals surface area contributed by atoms with Crippen LogP contribution in [0.5, 0.6) is 5.75 Å². The van der Waals surface area contributed by atoms with Crippen LogP contribution >= 0.6 is 0 Å². The van der Waals surface area contributed by atoms with Gasteiger partial charge in [-0.15, -0.1) is 0 Å². The first-order valence-corrected chi connectivity index (χ1v) is 8.22. The fraction of sp³-hybridized carbons (Fsp3) is 0.333. The third-order valence-corrected chi connectivity index (χ3v) is 4.37. The molecule has 0 bridgehead atoms. The van der Waals surface area contributed by atoms with Crippen molar-refractivity contribution in [1.29, 1.82) is 0 Å². The SMILES string of the molecule is CS(=O)(=O)CCNS(=O)(=O)c1ccccc1O. The van der Waals surface area contributed by atoms with Gasteiger partial charge >= 0.3 is 0 Å². The van der Waals surface area contributed by atoms with Crippen LogP contribution in [0.25, 0.3) is 0 Å². The van der Waals surface area contributed by atoms with Gasteiger partial charge in [0.25, 0.3) is 0 Å². The summed E-state index contributed by atoms with van der Waals surface area (Å²) in [6.07, 6.45) is 1.02. The molecule has 8 heteroatoms. The maximum absolute atomic E-state index is 11.7. The Kier molecular flexibility index (Phi) is 4.12. The van der Waals surface area contributed by atoms with E-state index in [0.717, 1.165) is 6.26 Å². The lowest BCUT2D eigenvalue weighted by molar-refractivity contribution is 0.458. The van der Waals surface area contributed by atoms with E-state index < -0.39 is 19.9 Å². The number of sulfone groups is 1. The number of hydrogen-bond donors (Lipinski definition) is 2. The van der Waals surface area contributed by atoms with Gasteiger partial charge in [0.1, 0.15) is 20.5 Å². The van der Waals surface area contributed by atoms with E-state index in [9.17, 15) is 21.9 Å². The molecule has 0 unspecified atom stereocenters. The molecular weight excluding hydrogens is 266 g/mol. The smallest absolute Gasteiger partial charge is 0.244 e. The zero-order valence-electron chi connectivity index (χ0n) is 9.12. The Bertz CT molecular complexity index is 592. The maximum Gasteiger partial charge on any atom is 0.244 e. The number of rotatable bonds is 5. The summed E-state index contributed by atoms with van der Waals surface area (Å²) in [5.41, 5.74) is 0. The average Bonchev–Trinajstić information content (AvgIpc) is 2.15. The largest absolute Gasteiger partial charge is 0.507 e. The van der Waals surface area contributed by atoms with E-state index in [0.29, 0.717) is 0 Å². The van der Waals surface area contributed by atoms with Gasteiger partial charge in [0, 0.05) is 12.8 Å². The average molecular weight is 279 g/mol. The Balaban J connectivity index is 2.81. The van der Waals surface area contributed by atoms with Crippen molar-refractivity contribution in [3.8, 4) is 5.75 Å². The normalized spacial score (nSPS) is 12.5. The molecule has 0 amide bonds. The van der Waals surface area contributed by atoms with Gasteiger partial charge in [0.15, 0.2) is 0 Å². The topological polar surface area (TPSA) is 101 Å². The van der Waals surface area contributed by atoms with E-state index in [2.05, 4.69) is 4.72 Å². The second kappa shape index (κ2) is 5.03. The highest BCUT2D eigenvalue weighted by molar-refractivity contribution is 7.91. The third kappa shape index (κ3) is 4.33. The summed E-state index contributed by atoms with van der Waals surface area (Å²) in [6, 6.07) is 5.43. The standard InChI is InChI=1S/C9H13NO5S2/c1-16(12,13)7-6-10-17(14,15)9-5-3-2-4-8(9)11/h2-5,10-11H,6-7H2,1H3. The zero-order chi connectivity index (χ0) is 13.1. The maximum atomic E-state index is 11.7. The monoisotopic (exact) mass is 279 g/mol. The van der Waals surface area contributed by atoms with Crippen LogP contribution in [-0.4, -0.2) is 40.5 Å². The van der Waals surface area contributed by atoms with Crippen LogP contribution in [-0.2, 0) is 19.9 Å². The van der Waals surface area contributed by atoms with E-state index in [4.69, 9.17) is 0 Å². The summed E-state index contributed by atoms with van der Waals surface area (Å²) >= 11 is 0. The minimum atomic E-state index is -3.88. The summed E-state index contributed by atoms with van der Waals surface area (Å²) in [6.45, 7) is -0.227. The van der Waals surface area contributed by atoms with Crippen molar-refractivity contribution in [2.45, 2.75) is 4.90 Å². The molecular formula is C9H13NO5S2. The molecule has 96 valence electrons. The van der Waals surface area contributed by atoms with Gasteiger partial charge in [-0.1, -0.05) is 12.1 Å². The molecule has 1 aromatic rings. The van der Waals surface area contributed by atoms with Gasteiger partial charge in [-0.2, -0.15) is 0 Å². The highest BCUT2D eigenvalue weighted by Crippen LogP contribution is 2.20. The molecule has 1 rings (SSSR count). The third-order valence-electron chi connectivity index (χ3n) is 1.92. The molecule has 2 N–H and O–H groups in total. The number of nitrogens with one attached hydrogen (secondary N) is 1. The molecule has 0 heterocycles. The van der Waals surface area contributed by atoms with Gasteiger partial charge in [-0.3, -0.25) is 0 Å². The van der Waals surface area contributed by atoms with Crippen molar-refractivity contribution in [1.82, 2.24) is 4.72 Å². The number of para-hydroxylation sites is 1. The van der Waals surface area contributed by atoms with Crippen LogP contribution in [0.1, 0.15) is 0 Å². The molecule has 0 aliphatic carbocycles. The Morgan fingerprint density at radius 2 is 1.76 bits per heavy atom. The predicted octanol–water partition coefficient (Wildman–Crippen LogP) is -0.285. The first-order valence-electron chi connectivity index (χ1n) is 4.68. The first-order chi connectivity index (χ1) is 7.72. The van der Waals surface area contributed by atoms with Crippen molar-refractivity contribution >= 4 is 19.9 Å². The van der Waals surface area contributed by atoms with E-state index in [-0.39, 0.29) is 22.9 Å². The van der Waals surface area contributed by atoms with Crippen molar-refractivity contribution in [2.24, 2.45) is 0 Å². The highest BCUT2D eigenvalue weighted by atomic mass is 32.2. The molecule has 17 heavy (non-hydrogen) atoms. The minimum absolute atomic E-state index is 0.227. The van der Waals surface area contributed by atoms with Crippen LogP contribution in [0.3, 0.4) is 0 Å². The van der Waals surface area contributed by atoms with Crippen LogP contribution < -0.4 is 4.72 Å². The minimum Gasteiger partial charge on any atom is -0.507 e. The van der Waals surface area contributed by atoms with Crippen LogP contribution in [0.4, 0.5) is 0 Å². The first kappa shape index (κ1) is 13.9. The van der Waals surface area contributed by atoms with Crippen molar-refractivity contribution < 1.29 is 21.9 Å². The van der Waals surface area contributed by atoms with Crippen molar-refractivity contribution in [2.75, 3.05) is 18.6 Å². The quantitative estimate of drug-likeness (QED) is 0.771. The predicted molar refractivity (Wildman–Crippen MR) is 63.0 cm³/mol. The van der Waals surface area contributed by atoms with E-state index >= 15 is 0 Å². The molecule has 0 spiro atoms. The summed E-state index contributed by atoms with van der Waals surface area (Å²) in [4.78, 5) is -0.270. The second-order valence-corrected chi connectivity index (χ2v) is 7.49. The van der Waals surface area contributed by atoms with E-state index in [1.807, 2.05) is 0 Å². The molecule has 0 aliphatic rings. The fourth-order valence-electron chi connectivity index (χ4n) is 1.12. The lowest BCUT2D eigenvalue weighted by Crippen LogP contribution is -2.28. The Morgan fingerprint density at radius 3 is 2.29 bits per heavy atom. The molecule has 0 saturated heterocycles. The van der Waals surface area contributed by atoms with Crippen LogP contribution in [0, 0.1) is 0 Å². The molecule has 6 nitrogen and oxygen atoms in total. The number of phenols is 1. The van der Waals surface area contributed by atoms with Crippen LogP contribution in [0.15, 0.2) is 29.2 Å². The van der Waals surface area contributed by atoms with Gasteiger partial charge in [0.2, 0.25) is 10.0 Å². The fourth-order valence-corrected chi connectivity index (χ4v) is 2.85. The van der Waals surface area contributed by atoms with Gasteiger partial charge in [0.05, 0.1) is 5.75 Å². The van der Waals surface area contributed by atoms with Gasteiger partial charge < -0.3 is 5.11 Å². The lowest BCUT2D eigenvalue weighted by Gasteiger charge is -2.07. The number of benzene rings is 1. The molecule has 0 aliphatic heterocycles. The summed E-state index contributed by atoms with van der Waals surface area (Å²) in [5, 5.41) is 9.37. The summed E-state index contributed by atoms with van der Waals surface area (Å²) < 4.78 is 47.1. The Labute approximate surface area is 100 Å². The number of phenolic OH excluding ortho intramolecular Hbond substituents is 1. The van der Waals surface area contributed by atoms with E-state index in [1.54, 1.807) is 0 Å².